The molecule has 5 rings (SSSR count). The predicted molar refractivity (Wildman–Crippen MR) is 480 cm³/mol. The molecule has 0 unspecified atom stereocenters. The van der Waals surface area contributed by atoms with Crippen molar-refractivity contribution < 1.29 is 135 Å². The summed E-state index contributed by atoms with van der Waals surface area (Å²) in [5.41, 5.74) is 21.6. The summed E-state index contributed by atoms with van der Waals surface area (Å²) in [5, 5.41) is 54.5. The number of rotatable bonds is 65. The highest BCUT2D eigenvalue weighted by Crippen LogP contribution is 2.30. The number of carboxylic acid groups (broad SMARTS) is 2. The molecule has 5 aliphatic rings. The largest absolute Gasteiger partial charge is 0.481 e. The van der Waals surface area contributed by atoms with Crippen molar-refractivity contribution in [3.05, 3.63) is 0 Å². The summed E-state index contributed by atoms with van der Waals surface area (Å²) in [7, 11) is 1.23. The molecule has 134 heavy (non-hydrogen) atoms. The van der Waals surface area contributed by atoms with E-state index in [-0.39, 0.29) is 195 Å². The minimum Gasteiger partial charge on any atom is -0.481 e. The van der Waals surface area contributed by atoms with E-state index in [0.717, 1.165) is 16.2 Å². The maximum absolute atomic E-state index is 13.6. The number of primary amides is 2. The zero-order valence-electron chi connectivity index (χ0n) is 78.8. The SMILES string of the molecule is CC(=O)[C@H](CCCCN)CC(=O)[C@@H]1CCCN1C(=O)CCC(=O)[C@H](C)NC(=O)[C@@H](CC(=O)CN(C)C(=O)[C@H](CC(=O)O)CC(=O)[C@H](CCC(N)=O)NC(=O)CCC(=O)[C@@H]1C[C@@H](O)CN1)CC(C)C.CC(C)C[C@H](CC(=O)CN1C(=O)C[C@H](CC(=O)[C@H](CCC(N)=O)NC(=O)CCC(=O)[C@@H]2C[C@@H](O)CN2)C1=O)C(=O)N[C@@H](C)C(=O)CCC(=O)N1CCC[C@H]1C(=O)C[C@@H](CCCCN)C(=O)O. The summed E-state index contributed by atoms with van der Waals surface area (Å²) >= 11 is 0. The first-order chi connectivity index (χ1) is 63.0. The van der Waals surface area contributed by atoms with Gasteiger partial charge in [-0.05, 0) is 136 Å². The highest BCUT2D eigenvalue weighted by atomic mass is 16.4. The van der Waals surface area contributed by atoms with Crippen molar-refractivity contribution in [2.75, 3.05) is 59.4 Å². The lowest BCUT2D eigenvalue weighted by Gasteiger charge is -2.26. The van der Waals surface area contributed by atoms with Crippen LogP contribution in [0.25, 0.3) is 0 Å². The summed E-state index contributed by atoms with van der Waals surface area (Å²) in [6, 6.07) is -7.41. The van der Waals surface area contributed by atoms with Gasteiger partial charge in [0.05, 0.1) is 97.8 Å². The van der Waals surface area contributed by atoms with Gasteiger partial charge in [0, 0.05) is 160 Å². The Labute approximate surface area is 781 Å². The minimum absolute atomic E-state index is 0.0264. The first-order valence-electron chi connectivity index (χ1n) is 46.9. The Balaban J connectivity index is 0.000000560. The Morgan fingerprint density at radius 3 is 1.31 bits per heavy atom. The summed E-state index contributed by atoms with van der Waals surface area (Å²) in [4.78, 5) is 314. The number of carbonyl (C=O) groups is 24. The number of unbranched alkanes of at least 4 members (excludes halogenated alkanes) is 2. The lowest BCUT2D eigenvalue weighted by molar-refractivity contribution is -0.146. The molecular formula is C92H144N14O28. The fraction of sp³-hybridized carbons (Fsp3) is 0.739. The lowest BCUT2D eigenvalue weighted by Crippen LogP contribution is -2.45. The van der Waals surface area contributed by atoms with Gasteiger partial charge in [-0.15, -0.1) is 0 Å². The number of aliphatic hydroxyl groups is 2. The number of nitrogens with zero attached hydrogens (tertiary/aromatic N) is 4. The number of likely N-dealkylation sites (N-methyl/N-ethyl adjacent to an activating group) is 1. The molecule has 5 aliphatic heterocycles. The molecule has 0 aromatic carbocycles. The van der Waals surface area contributed by atoms with E-state index in [0.29, 0.717) is 77.4 Å². The van der Waals surface area contributed by atoms with Crippen molar-refractivity contribution in [3.63, 3.8) is 0 Å². The number of aliphatic hydroxyl groups excluding tert-OH is 2. The van der Waals surface area contributed by atoms with Crippen LogP contribution in [0, 0.1) is 47.3 Å². The fourth-order valence-electron chi connectivity index (χ4n) is 17.4. The molecule has 16 atom stereocenters. The van der Waals surface area contributed by atoms with Gasteiger partial charge in [-0.25, -0.2) is 0 Å². The Morgan fingerprint density at radius 1 is 0.478 bits per heavy atom. The third-order valence-corrected chi connectivity index (χ3v) is 24.9. The lowest BCUT2D eigenvalue weighted by atomic mass is 9.90. The first-order valence-corrected chi connectivity index (χ1v) is 46.9. The summed E-state index contributed by atoms with van der Waals surface area (Å²) in [6.07, 6.45) is -1.43. The van der Waals surface area contributed by atoms with Crippen molar-refractivity contribution in [1.29, 1.82) is 0 Å². The van der Waals surface area contributed by atoms with Crippen LogP contribution in [0.15, 0.2) is 0 Å². The van der Waals surface area contributed by atoms with E-state index < -0.39 is 241 Å². The third kappa shape index (κ3) is 40.9. The van der Waals surface area contributed by atoms with E-state index in [2.05, 4.69) is 31.9 Å². The molecule has 5 saturated heterocycles. The molecule has 5 fully saturated rings. The number of nitrogens with two attached hydrogens (primary N) is 4. The van der Waals surface area contributed by atoms with E-state index in [1.54, 1.807) is 0 Å². The van der Waals surface area contributed by atoms with Crippen molar-refractivity contribution in [2.45, 2.75) is 327 Å². The number of hydrogen-bond donors (Lipinski definition) is 14. The predicted octanol–water partition coefficient (Wildman–Crippen LogP) is -0.524. The summed E-state index contributed by atoms with van der Waals surface area (Å²) in [6.45, 7) is 12.4. The molecule has 42 heteroatoms. The molecule has 0 aromatic heterocycles. The third-order valence-electron chi connectivity index (χ3n) is 24.9. The molecule has 0 bridgehead atoms. The van der Waals surface area contributed by atoms with Gasteiger partial charge in [-0.2, -0.15) is 0 Å². The number of aliphatic carboxylic acids is 2. The van der Waals surface area contributed by atoms with Crippen LogP contribution in [-0.2, 0) is 115 Å². The van der Waals surface area contributed by atoms with E-state index in [9.17, 15) is 135 Å². The number of nitrogens with one attached hydrogen (secondary N) is 6. The van der Waals surface area contributed by atoms with Gasteiger partial charge >= 0.3 is 11.9 Å². The van der Waals surface area contributed by atoms with Gasteiger partial charge in [0.25, 0.3) is 0 Å². The summed E-state index contributed by atoms with van der Waals surface area (Å²) < 4.78 is 0. The number of carboxylic acids is 2. The Kier molecular flexibility index (Phi) is 50.7. The van der Waals surface area contributed by atoms with Gasteiger partial charge in [0.1, 0.15) is 17.3 Å². The number of Topliss-reactive ketones (excluding diaryl/α,β-unsaturated/α-hetero) is 11. The van der Waals surface area contributed by atoms with Crippen LogP contribution < -0.4 is 54.8 Å². The Bertz CT molecular complexity index is 4190. The average molecular weight is 1890 g/mol. The van der Waals surface area contributed by atoms with Crippen LogP contribution in [-0.4, -0.2) is 301 Å². The van der Waals surface area contributed by atoms with Crippen molar-refractivity contribution in [1.82, 2.24) is 51.5 Å². The Hall–Kier alpha value is -10.6. The topological polar surface area (TPSA) is 680 Å². The molecule has 11 amide bonds. The van der Waals surface area contributed by atoms with Crippen LogP contribution >= 0.6 is 0 Å². The number of likely N-dealkylation sites (tertiary alicyclic amines) is 3. The van der Waals surface area contributed by atoms with Gasteiger partial charge in [0.15, 0.2) is 46.3 Å². The quantitative estimate of drug-likeness (QED) is 0.0269. The maximum Gasteiger partial charge on any atom is 0.306 e. The molecular weight excluding hydrogens is 1750 g/mol. The van der Waals surface area contributed by atoms with Gasteiger partial charge in [0.2, 0.25) is 65.0 Å². The minimum atomic E-state index is -1.49. The van der Waals surface area contributed by atoms with Crippen LogP contribution in [0.1, 0.15) is 267 Å². The van der Waals surface area contributed by atoms with E-state index in [1.807, 2.05) is 27.7 Å². The number of β-amino-alcohol motifs (C(OH)–C–C–N with tert-alkyl or cyclic N) is 2. The van der Waals surface area contributed by atoms with Crippen molar-refractivity contribution in [2.24, 2.45) is 70.3 Å². The van der Waals surface area contributed by atoms with Crippen molar-refractivity contribution in [3.8, 4) is 0 Å². The van der Waals surface area contributed by atoms with Crippen LogP contribution in [0.3, 0.4) is 0 Å². The van der Waals surface area contributed by atoms with Crippen LogP contribution in [0.4, 0.5) is 0 Å². The zero-order chi connectivity index (χ0) is 100. The monoisotopic (exact) mass is 1890 g/mol. The normalized spacial score (nSPS) is 20.1. The zero-order valence-corrected chi connectivity index (χ0v) is 78.8. The molecule has 42 nitrogen and oxygen atoms in total. The average Bonchev–Trinajstić information content (AvgIpc) is 1.67. The number of amides is 11. The molecule has 5 heterocycles. The van der Waals surface area contributed by atoms with Crippen LogP contribution in [0.5, 0.6) is 0 Å². The fourth-order valence-corrected chi connectivity index (χ4v) is 17.4. The van der Waals surface area contributed by atoms with Crippen molar-refractivity contribution >= 4 is 141 Å². The van der Waals surface area contributed by atoms with Gasteiger partial charge in [-0.1, -0.05) is 40.5 Å². The van der Waals surface area contributed by atoms with Crippen LogP contribution in [0.2, 0.25) is 0 Å². The van der Waals surface area contributed by atoms with E-state index in [1.165, 1.54) is 37.6 Å². The maximum atomic E-state index is 13.6. The first kappa shape index (κ1) is 116. The van der Waals surface area contributed by atoms with Gasteiger partial charge < -0.3 is 90.0 Å². The molecule has 0 spiro atoms. The second-order valence-corrected chi connectivity index (χ2v) is 37.2. The molecule has 18 N–H and O–H groups in total. The second-order valence-electron chi connectivity index (χ2n) is 37.2. The van der Waals surface area contributed by atoms with Gasteiger partial charge in [-0.3, -0.25) is 120 Å². The smallest absolute Gasteiger partial charge is 0.306 e. The highest BCUT2D eigenvalue weighted by Gasteiger charge is 2.44. The standard InChI is InChI=1S/C47H75N7O14.C45H69N7O14/c1-27(2)19-31(46(67)51-28(3)38(58)13-16-44(64)54-18-8-10-37(54)41(61)21-30(29(4)55)9-6-7-17-48)20-34(57)26-53(5)47(68)32(23-45(65)66)22-40(60)35(11-14-42(49)62)52-43(63)15-12-39(59)36-24-33(56)25-50-36;1-25(2)17-28(43(63)49-26(3)35(55)11-14-41(61)51-16-6-8-34(51)38(58)19-27(45(65)66)7-4-5-15-46)18-31(54)24-52-42(62)21-29(44(52)64)20-37(57)32(9-12-39(47)59)50-40(60)13-10-36(56)33-22-30(53)23-48-33/h27-28,30-33,35-37,50,56H,6-26,48H2,1-5H3,(H2,49,62)(H,51,67)(H,52,63)(H,65,66);25-30,32-34,48,53H,4-24,46H2,1-3H3,(H2,47,59)(H,49,63)(H,50,60)(H,65,66)/t28-,30+,31+,32-,33+,35-,36-,37-;26-,27+,28+,29-,30+,32-,33-,34-/m00/s1. The molecule has 0 aromatic rings. The molecule has 0 aliphatic carbocycles. The molecule has 0 saturated carbocycles. The number of hydrogen-bond acceptors (Lipinski definition) is 30. The molecule has 750 valence electrons. The number of ketones is 11. The highest BCUT2D eigenvalue weighted by molar-refractivity contribution is 6.08. The Morgan fingerprint density at radius 2 is 0.910 bits per heavy atom. The van der Waals surface area contributed by atoms with E-state index >= 15 is 0 Å². The number of imide groups is 1. The molecule has 0 radical (unpaired) electrons. The summed E-state index contributed by atoms with van der Waals surface area (Å²) in [5.74, 6) is -20.8. The number of carbonyl (C=O) groups excluding carboxylic acids is 22. The van der Waals surface area contributed by atoms with E-state index in [4.69, 9.17) is 22.9 Å². The second kappa shape index (κ2) is 58.7.